The molecule has 136 valence electrons. The van der Waals surface area contributed by atoms with Crippen molar-refractivity contribution >= 4 is 34.2 Å². The van der Waals surface area contributed by atoms with E-state index in [1.165, 1.54) is 29.7 Å². The molecule has 3 nitrogen and oxygen atoms in total. The van der Waals surface area contributed by atoms with Crippen LogP contribution in [0.2, 0.25) is 5.02 Å². The molecule has 0 amide bonds. The molecule has 0 saturated carbocycles. The van der Waals surface area contributed by atoms with E-state index in [1.807, 2.05) is 36.4 Å². The van der Waals surface area contributed by atoms with Gasteiger partial charge < -0.3 is 5.32 Å². The molecule has 0 aliphatic carbocycles. The first-order valence-corrected chi connectivity index (χ1v) is 8.89. The Morgan fingerprint density at radius 2 is 1.93 bits per heavy atom. The molecule has 8 heteroatoms. The standard InChI is InChI=1S/C19H11ClF3N3S/c20-14-6-7-16(15(8-14)19(21,22)23)25-10-13(9-24)18-26-17(11-27-18)12-4-2-1-3-5-12/h1-8,10-11,25H. The Hall–Kier alpha value is -2.82. The molecule has 1 N–H and O–H groups in total. The molecule has 0 aliphatic rings. The van der Waals surface area contributed by atoms with E-state index in [4.69, 9.17) is 11.6 Å². The fraction of sp³-hybridized carbons (Fsp3) is 0.0526. The van der Waals surface area contributed by atoms with Crippen LogP contribution in [-0.4, -0.2) is 4.98 Å². The van der Waals surface area contributed by atoms with E-state index in [0.29, 0.717) is 10.7 Å². The number of halogens is 4. The maximum atomic E-state index is 13.2. The summed E-state index contributed by atoms with van der Waals surface area (Å²) in [5.41, 5.74) is 0.610. The summed E-state index contributed by atoms with van der Waals surface area (Å²) in [7, 11) is 0. The fourth-order valence-corrected chi connectivity index (χ4v) is 3.27. The first kappa shape index (κ1) is 19.0. The van der Waals surface area contributed by atoms with Crippen molar-refractivity contribution in [1.82, 2.24) is 4.98 Å². The van der Waals surface area contributed by atoms with Crippen LogP contribution in [-0.2, 0) is 6.18 Å². The molecule has 0 unspecified atom stereocenters. The van der Waals surface area contributed by atoms with Gasteiger partial charge in [-0.05, 0) is 18.2 Å². The lowest BCUT2D eigenvalue weighted by atomic mass is 10.1. The van der Waals surface area contributed by atoms with Crippen LogP contribution >= 0.6 is 22.9 Å². The van der Waals surface area contributed by atoms with Crippen LogP contribution in [0.5, 0.6) is 0 Å². The van der Waals surface area contributed by atoms with Gasteiger partial charge in [-0.15, -0.1) is 11.3 Å². The number of benzene rings is 2. The zero-order valence-electron chi connectivity index (χ0n) is 13.6. The van der Waals surface area contributed by atoms with Crippen LogP contribution in [0.3, 0.4) is 0 Å². The van der Waals surface area contributed by atoms with Crippen molar-refractivity contribution in [1.29, 1.82) is 5.26 Å². The lowest BCUT2D eigenvalue weighted by Gasteiger charge is -2.13. The minimum Gasteiger partial charge on any atom is -0.360 e. The topological polar surface area (TPSA) is 48.7 Å². The third-order valence-corrected chi connectivity index (χ3v) is 4.69. The van der Waals surface area contributed by atoms with E-state index in [0.717, 1.165) is 11.6 Å². The number of aromatic nitrogens is 1. The molecule has 0 radical (unpaired) electrons. The number of hydrogen-bond donors (Lipinski definition) is 1. The SMILES string of the molecule is N#CC(=CNc1ccc(Cl)cc1C(F)(F)F)c1nc(-c2ccccc2)cs1. The molecule has 3 aromatic rings. The Labute approximate surface area is 162 Å². The van der Waals surface area contributed by atoms with Crippen molar-refractivity contribution in [3.05, 3.63) is 75.7 Å². The third-order valence-electron chi connectivity index (χ3n) is 3.58. The molecular formula is C19H11ClF3N3S. The number of rotatable bonds is 4. The summed E-state index contributed by atoms with van der Waals surface area (Å²) in [4.78, 5) is 4.39. The smallest absolute Gasteiger partial charge is 0.360 e. The van der Waals surface area contributed by atoms with Crippen molar-refractivity contribution in [3.8, 4) is 17.3 Å². The summed E-state index contributed by atoms with van der Waals surface area (Å²) in [6.45, 7) is 0. The molecule has 3 rings (SSSR count). The largest absolute Gasteiger partial charge is 0.418 e. The number of nitrogens with one attached hydrogen (secondary N) is 1. The highest BCUT2D eigenvalue weighted by molar-refractivity contribution is 7.11. The highest BCUT2D eigenvalue weighted by atomic mass is 35.5. The summed E-state index contributed by atoms with van der Waals surface area (Å²) >= 11 is 6.91. The van der Waals surface area contributed by atoms with E-state index in [9.17, 15) is 18.4 Å². The van der Waals surface area contributed by atoms with Crippen LogP contribution in [0, 0.1) is 11.3 Å². The Bertz CT molecular complexity index is 1020. The highest BCUT2D eigenvalue weighted by Gasteiger charge is 2.33. The van der Waals surface area contributed by atoms with Gasteiger partial charge in [-0.2, -0.15) is 18.4 Å². The summed E-state index contributed by atoms with van der Waals surface area (Å²) in [6.07, 6.45) is -3.36. The summed E-state index contributed by atoms with van der Waals surface area (Å²) in [6, 6.07) is 14.7. The van der Waals surface area contributed by atoms with Gasteiger partial charge in [-0.3, -0.25) is 0 Å². The highest BCUT2D eigenvalue weighted by Crippen LogP contribution is 2.36. The van der Waals surface area contributed by atoms with E-state index in [-0.39, 0.29) is 16.3 Å². The summed E-state index contributed by atoms with van der Waals surface area (Å²) < 4.78 is 39.5. The number of nitriles is 1. The Morgan fingerprint density at radius 1 is 1.19 bits per heavy atom. The van der Waals surface area contributed by atoms with Gasteiger partial charge in [0.2, 0.25) is 0 Å². The Morgan fingerprint density at radius 3 is 2.59 bits per heavy atom. The van der Waals surface area contributed by atoms with Gasteiger partial charge in [0, 0.05) is 22.2 Å². The van der Waals surface area contributed by atoms with Crippen LogP contribution in [0.1, 0.15) is 10.6 Å². The third kappa shape index (κ3) is 4.48. The van der Waals surface area contributed by atoms with Crippen LogP contribution in [0.15, 0.2) is 60.1 Å². The van der Waals surface area contributed by atoms with E-state index >= 15 is 0 Å². The predicted molar refractivity (Wildman–Crippen MR) is 101 cm³/mol. The Kier molecular flexibility index (Phi) is 5.49. The van der Waals surface area contributed by atoms with Gasteiger partial charge in [0.05, 0.1) is 16.9 Å². The second-order valence-corrected chi connectivity index (χ2v) is 6.70. The van der Waals surface area contributed by atoms with Gasteiger partial charge in [-0.25, -0.2) is 4.98 Å². The molecule has 27 heavy (non-hydrogen) atoms. The minimum absolute atomic E-state index is 0.0233. The number of alkyl halides is 3. The second-order valence-electron chi connectivity index (χ2n) is 5.41. The maximum Gasteiger partial charge on any atom is 0.418 e. The monoisotopic (exact) mass is 405 g/mol. The van der Waals surface area contributed by atoms with Gasteiger partial charge in [0.15, 0.2) is 0 Å². The second kappa shape index (κ2) is 7.82. The zero-order valence-corrected chi connectivity index (χ0v) is 15.2. The summed E-state index contributed by atoms with van der Waals surface area (Å²) in [5, 5.41) is 14.1. The van der Waals surface area contributed by atoms with Crippen LogP contribution < -0.4 is 5.32 Å². The van der Waals surface area contributed by atoms with Crippen molar-refractivity contribution < 1.29 is 13.2 Å². The minimum atomic E-state index is -4.57. The normalized spacial score (nSPS) is 11.9. The van der Waals surface area contributed by atoms with Crippen LogP contribution in [0.4, 0.5) is 18.9 Å². The van der Waals surface area contributed by atoms with Crippen molar-refractivity contribution in [2.24, 2.45) is 0 Å². The van der Waals surface area contributed by atoms with Gasteiger partial charge >= 0.3 is 6.18 Å². The summed E-state index contributed by atoms with van der Waals surface area (Å²) in [5.74, 6) is 0. The molecular weight excluding hydrogens is 395 g/mol. The van der Waals surface area contributed by atoms with Gasteiger partial charge in [-0.1, -0.05) is 41.9 Å². The molecule has 0 aliphatic heterocycles. The molecule has 2 aromatic carbocycles. The van der Waals surface area contributed by atoms with Gasteiger partial charge in [0.1, 0.15) is 16.6 Å². The first-order valence-electron chi connectivity index (χ1n) is 7.63. The quantitative estimate of drug-likeness (QED) is 0.507. The van der Waals surface area contributed by atoms with Crippen LogP contribution in [0.25, 0.3) is 16.8 Å². The average Bonchev–Trinajstić information content (AvgIpc) is 3.13. The number of hydrogen-bond acceptors (Lipinski definition) is 4. The Balaban J connectivity index is 1.89. The zero-order chi connectivity index (χ0) is 19.4. The molecule has 0 fully saturated rings. The molecule has 1 aromatic heterocycles. The molecule has 0 spiro atoms. The predicted octanol–water partition coefficient (Wildman–Crippen LogP) is 6.46. The maximum absolute atomic E-state index is 13.2. The molecule has 0 saturated heterocycles. The number of thiazole rings is 1. The molecule has 0 atom stereocenters. The number of nitrogens with zero attached hydrogens (tertiary/aromatic N) is 2. The number of anilines is 1. The van der Waals surface area contributed by atoms with E-state index in [2.05, 4.69) is 10.3 Å². The average molecular weight is 406 g/mol. The van der Waals surface area contributed by atoms with Crippen molar-refractivity contribution in [3.63, 3.8) is 0 Å². The number of allylic oxidation sites excluding steroid dienone is 1. The molecule has 0 bridgehead atoms. The van der Waals surface area contributed by atoms with Crippen molar-refractivity contribution in [2.45, 2.75) is 6.18 Å². The lowest BCUT2D eigenvalue weighted by Crippen LogP contribution is -2.08. The lowest BCUT2D eigenvalue weighted by molar-refractivity contribution is -0.136. The van der Waals surface area contributed by atoms with Crippen molar-refractivity contribution in [2.75, 3.05) is 5.32 Å². The first-order chi connectivity index (χ1) is 12.9. The van der Waals surface area contributed by atoms with Gasteiger partial charge in [0.25, 0.3) is 0 Å². The molecule has 1 heterocycles. The fourth-order valence-electron chi connectivity index (χ4n) is 2.31. The van der Waals surface area contributed by atoms with E-state index < -0.39 is 11.7 Å². The van der Waals surface area contributed by atoms with E-state index in [1.54, 1.807) is 5.38 Å².